The molecule has 2 aliphatic rings. The summed E-state index contributed by atoms with van der Waals surface area (Å²) < 4.78 is 7.89. The Kier molecular flexibility index (Phi) is 3.48. The first-order valence-corrected chi connectivity index (χ1v) is 8.30. The first-order chi connectivity index (χ1) is 10.7. The van der Waals surface area contributed by atoms with Gasteiger partial charge in [0.1, 0.15) is 5.82 Å². The van der Waals surface area contributed by atoms with Crippen molar-refractivity contribution in [2.24, 2.45) is 7.05 Å². The van der Waals surface area contributed by atoms with Gasteiger partial charge in [-0.25, -0.2) is 4.98 Å². The highest BCUT2D eigenvalue weighted by Crippen LogP contribution is 2.34. The Hall–Kier alpha value is -1.69. The van der Waals surface area contributed by atoms with E-state index in [-0.39, 0.29) is 0 Å². The van der Waals surface area contributed by atoms with Gasteiger partial charge in [-0.05, 0) is 45.1 Å². The number of imidazole rings is 1. The summed E-state index contributed by atoms with van der Waals surface area (Å²) in [5.74, 6) is 2.57. The number of aryl methyl sites for hydroxylation is 2. The summed E-state index contributed by atoms with van der Waals surface area (Å²) in [6.07, 6.45) is 7.25. The van der Waals surface area contributed by atoms with Crippen LogP contribution in [0.15, 0.2) is 4.42 Å². The minimum Gasteiger partial charge on any atom is -0.424 e. The molecule has 0 saturated carbocycles. The highest BCUT2D eigenvalue weighted by atomic mass is 16.4. The summed E-state index contributed by atoms with van der Waals surface area (Å²) in [5, 5.41) is 8.07. The van der Waals surface area contributed by atoms with Crippen LogP contribution in [0.5, 0.6) is 0 Å². The quantitative estimate of drug-likeness (QED) is 0.871. The van der Waals surface area contributed by atoms with E-state index >= 15 is 0 Å². The Bertz CT molecular complexity index is 674. The second kappa shape index (κ2) is 5.50. The van der Waals surface area contributed by atoms with Gasteiger partial charge in [-0.3, -0.25) is 4.90 Å². The Morgan fingerprint density at radius 3 is 2.82 bits per heavy atom. The third-order valence-corrected chi connectivity index (χ3v) is 4.98. The van der Waals surface area contributed by atoms with E-state index in [2.05, 4.69) is 26.7 Å². The summed E-state index contributed by atoms with van der Waals surface area (Å²) in [5.41, 5.74) is 2.77. The lowest BCUT2D eigenvalue weighted by molar-refractivity contribution is 0.212. The van der Waals surface area contributed by atoms with Crippen molar-refractivity contribution >= 4 is 0 Å². The molecule has 0 spiro atoms. The summed E-state index contributed by atoms with van der Waals surface area (Å²) in [4.78, 5) is 7.42. The lowest BCUT2D eigenvalue weighted by Gasteiger charge is -2.22. The van der Waals surface area contributed by atoms with Gasteiger partial charge in [0.25, 0.3) is 0 Å². The van der Waals surface area contributed by atoms with Gasteiger partial charge < -0.3 is 8.98 Å². The van der Waals surface area contributed by atoms with Crippen molar-refractivity contribution in [3.63, 3.8) is 0 Å². The first-order valence-electron chi connectivity index (χ1n) is 8.30. The van der Waals surface area contributed by atoms with Gasteiger partial charge in [0.2, 0.25) is 11.8 Å². The summed E-state index contributed by atoms with van der Waals surface area (Å²) >= 11 is 0. The maximum absolute atomic E-state index is 5.55. The summed E-state index contributed by atoms with van der Waals surface area (Å²) in [6.45, 7) is 3.64. The van der Waals surface area contributed by atoms with Crippen LogP contribution >= 0.6 is 0 Å². The number of nitrogens with zero attached hydrogens (tertiary/aromatic N) is 5. The molecule has 6 nitrogen and oxygen atoms in total. The molecule has 1 atom stereocenters. The van der Waals surface area contributed by atoms with Crippen molar-refractivity contribution in [1.29, 1.82) is 0 Å². The Morgan fingerprint density at radius 1 is 1.18 bits per heavy atom. The third kappa shape index (κ3) is 2.35. The number of likely N-dealkylation sites (tertiary alicyclic amines) is 1. The maximum atomic E-state index is 5.55. The van der Waals surface area contributed by atoms with Crippen LogP contribution in [0.2, 0.25) is 0 Å². The van der Waals surface area contributed by atoms with Crippen LogP contribution in [0, 0.1) is 6.92 Å². The topological polar surface area (TPSA) is 60.0 Å². The molecule has 22 heavy (non-hydrogen) atoms. The molecule has 1 saturated heterocycles. The largest absolute Gasteiger partial charge is 0.424 e. The molecule has 0 N–H and O–H groups in total. The highest BCUT2D eigenvalue weighted by molar-refractivity contribution is 5.22. The van der Waals surface area contributed by atoms with E-state index in [0.29, 0.717) is 17.8 Å². The van der Waals surface area contributed by atoms with Gasteiger partial charge >= 0.3 is 0 Å². The van der Waals surface area contributed by atoms with E-state index in [1.54, 1.807) is 0 Å². The molecule has 4 rings (SSSR count). The predicted octanol–water partition coefficient (Wildman–Crippen LogP) is 2.33. The minimum absolute atomic E-state index is 0.378. The SMILES string of the molecule is Cc1nnc(CN2CCC[C@H]2c2nc3c(n2C)CCCC3)o1. The fourth-order valence-electron chi connectivity index (χ4n) is 3.89. The fraction of sp³-hybridized carbons (Fsp3) is 0.688. The first kappa shape index (κ1) is 13.9. The number of fused-ring (bicyclic) bond motifs is 1. The second-order valence-electron chi connectivity index (χ2n) is 6.47. The van der Waals surface area contributed by atoms with Crippen LogP contribution in [0.25, 0.3) is 0 Å². The highest BCUT2D eigenvalue weighted by Gasteiger charge is 2.32. The molecule has 0 bridgehead atoms. The normalized spacial score (nSPS) is 22.2. The molecule has 0 unspecified atom stereocenters. The number of hydrogen-bond donors (Lipinski definition) is 0. The zero-order chi connectivity index (χ0) is 15.1. The summed E-state index contributed by atoms with van der Waals surface area (Å²) in [7, 11) is 2.18. The minimum atomic E-state index is 0.378. The molecule has 0 aromatic carbocycles. The standard InChI is InChI=1S/C16H23N5O/c1-11-18-19-15(22-11)10-21-9-5-8-14(21)16-17-12-6-3-4-7-13(12)20(16)2/h14H,3-10H2,1-2H3/t14-/m0/s1. The van der Waals surface area contributed by atoms with E-state index in [0.717, 1.165) is 25.9 Å². The fourth-order valence-corrected chi connectivity index (χ4v) is 3.89. The second-order valence-corrected chi connectivity index (χ2v) is 6.47. The van der Waals surface area contributed by atoms with Gasteiger partial charge in [-0.1, -0.05) is 0 Å². The van der Waals surface area contributed by atoms with E-state index in [1.165, 1.54) is 42.9 Å². The molecule has 6 heteroatoms. The Morgan fingerprint density at radius 2 is 2.05 bits per heavy atom. The van der Waals surface area contributed by atoms with E-state index in [9.17, 15) is 0 Å². The maximum Gasteiger partial charge on any atom is 0.230 e. The molecular weight excluding hydrogens is 278 g/mol. The van der Waals surface area contributed by atoms with Gasteiger partial charge in [-0.2, -0.15) is 0 Å². The molecule has 0 radical (unpaired) electrons. The van der Waals surface area contributed by atoms with Crippen LogP contribution in [-0.2, 0) is 26.4 Å². The smallest absolute Gasteiger partial charge is 0.230 e. The Balaban J connectivity index is 1.59. The number of rotatable bonds is 3. The lowest BCUT2D eigenvalue weighted by Crippen LogP contribution is -2.25. The average Bonchev–Trinajstić information content (AvgIpc) is 3.21. The predicted molar refractivity (Wildman–Crippen MR) is 81.3 cm³/mol. The van der Waals surface area contributed by atoms with Crippen LogP contribution in [-0.4, -0.2) is 31.2 Å². The monoisotopic (exact) mass is 301 g/mol. The molecule has 118 valence electrons. The number of aromatic nitrogens is 4. The zero-order valence-corrected chi connectivity index (χ0v) is 13.4. The molecule has 1 aliphatic heterocycles. The zero-order valence-electron chi connectivity index (χ0n) is 13.4. The van der Waals surface area contributed by atoms with E-state index in [1.807, 2.05) is 6.92 Å². The number of hydrogen-bond acceptors (Lipinski definition) is 5. The molecule has 3 heterocycles. The van der Waals surface area contributed by atoms with Crippen molar-refractivity contribution in [1.82, 2.24) is 24.6 Å². The molecular formula is C16H23N5O. The van der Waals surface area contributed by atoms with E-state index in [4.69, 9.17) is 9.40 Å². The van der Waals surface area contributed by atoms with Gasteiger partial charge in [0.15, 0.2) is 0 Å². The van der Waals surface area contributed by atoms with Crippen LogP contribution in [0.1, 0.15) is 60.7 Å². The van der Waals surface area contributed by atoms with Crippen LogP contribution in [0.4, 0.5) is 0 Å². The third-order valence-electron chi connectivity index (χ3n) is 4.98. The molecule has 1 aliphatic carbocycles. The van der Waals surface area contributed by atoms with Crippen molar-refractivity contribution in [2.75, 3.05) is 6.54 Å². The van der Waals surface area contributed by atoms with Crippen molar-refractivity contribution in [3.8, 4) is 0 Å². The van der Waals surface area contributed by atoms with Crippen molar-refractivity contribution in [3.05, 3.63) is 29.0 Å². The van der Waals surface area contributed by atoms with E-state index < -0.39 is 0 Å². The van der Waals surface area contributed by atoms with Crippen molar-refractivity contribution in [2.45, 2.75) is 58.0 Å². The molecule has 0 amide bonds. The van der Waals surface area contributed by atoms with Gasteiger partial charge in [0.05, 0.1) is 18.3 Å². The Labute approximate surface area is 130 Å². The summed E-state index contributed by atoms with van der Waals surface area (Å²) in [6, 6.07) is 0.378. The molecule has 2 aromatic rings. The van der Waals surface area contributed by atoms with Crippen LogP contribution in [0.3, 0.4) is 0 Å². The molecule has 2 aromatic heterocycles. The average molecular weight is 301 g/mol. The van der Waals surface area contributed by atoms with Crippen LogP contribution < -0.4 is 0 Å². The molecule has 1 fully saturated rings. The lowest BCUT2D eigenvalue weighted by atomic mass is 10.0. The van der Waals surface area contributed by atoms with Gasteiger partial charge in [-0.15, -0.1) is 10.2 Å². The van der Waals surface area contributed by atoms with Gasteiger partial charge in [0, 0.05) is 19.7 Å². The van der Waals surface area contributed by atoms with Crippen molar-refractivity contribution < 1.29 is 4.42 Å².